The smallest absolute Gasteiger partial charge is 0.220 e. The van der Waals surface area contributed by atoms with Crippen LogP contribution in [0.3, 0.4) is 0 Å². The molecular formula is C18H11BrFN5O. The summed E-state index contributed by atoms with van der Waals surface area (Å²) in [6.07, 6.45) is 4.05. The van der Waals surface area contributed by atoms with E-state index in [2.05, 4.69) is 30.9 Å². The molecule has 26 heavy (non-hydrogen) atoms. The second-order valence-electron chi connectivity index (χ2n) is 5.54. The molecule has 0 atom stereocenters. The number of halogens is 2. The number of carbonyl (C=O) groups excluding carboxylic acids is 1. The number of fused-ring (bicyclic) bond motifs is 1. The lowest BCUT2D eigenvalue weighted by Crippen LogP contribution is -1.98. The molecule has 0 saturated heterocycles. The van der Waals surface area contributed by atoms with Crippen LogP contribution in [0, 0.1) is 5.82 Å². The van der Waals surface area contributed by atoms with E-state index in [1.54, 1.807) is 47.1 Å². The highest BCUT2D eigenvalue weighted by molar-refractivity contribution is 9.10. The molecule has 0 spiro atoms. The minimum Gasteiger partial charge on any atom is -0.368 e. The third-order valence-corrected chi connectivity index (χ3v) is 4.50. The first-order valence-electron chi connectivity index (χ1n) is 7.58. The number of nitrogen functional groups attached to an aromatic ring is 1. The largest absolute Gasteiger partial charge is 0.368 e. The Morgan fingerprint density at radius 2 is 2.00 bits per heavy atom. The van der Waals surface area contributed by atoms with Crippen LogP contribution in [0.25, 0.3) is 28.3 Å². The van der Waals surface area contributed by atoms with Gasteiger partial charge in [0.15, 0.2) is 0 Å². The van der Waals surface area contributed by atoms with Crippen molar-refractivity contribution in [2.45, 2.75) is 0 Å². The number of carbonyl (C=O) groups is 1. The Hall–Kier alpha value is -3.13. The van der Waals surface area contributed by atoms with Crippen LogP contribution in [-0.4, -0.2) is 25.6 Å². The Kier molecular flexibility index (Phi) is 3.96. The summed E-state index contributed by atoms with van der Waals surface area (Å²) in [6.45, 7) is 0. The van der Waals surface area contributed by atoms with Crippen molar-refractivity contribution in [2.24, 2.45) is 0 Å². The zero-order chi connectivity index (χ0) is 18.3. The molecule has 0 fully saturated rings. The van der Waals surface area contributed by atoms with Crippen molar-refractivity contribution in [3.8, 4) is 22.6 Å². The summed E-state index contributed by atoms with van der Waals surface area (Å²) in [4.78, 5) is 23.9. The van der Waals surface area contributed by atoms with E-state index in [0.29, 0.717) is 38.3 Å². The Bertz CT molecular complexity index is 1160. The fourth-order valence-electron chi connectivity index (χ4n) is 2.73. The summed E-state index contributed by atoms with van der Waals surface area (Å²) >= 11 is 3.20. The summed E-state index contributed by atoms with van der Waals surface area (Å²) in [5.41, 5.74) is 9.33. The first-order chi connectivity index (χ1) is 12.6. The van der Waals surface area contributed by atoms with Crippen molar-refractivity contribution >= 4 is 33.8 Å². The molecular weight excluding hydrogens is 401 g/mol. The fourth-order valence-corrected chi connectivity index (χ4v) is 3.11. The Labute approximate surface area is 155 Å². The first-order valence-corrected chi connectivity index (χ1v) is 8.38. The van der Waals surface area contributed by atoms with Gasteiger partial charge in [0.25, 0.3) is 0 Å². The maximum atomic E-state index is 13.6. The van der Waals surface area contributed by atoms with Crippen molar-refractivity contribution in [1.82, 2.24) is 19.4 Å². The minimum absolute atomic E-state index is 0.133. The highest BCUT2D eigenvalue weighted by atomic mass is 79.9. The molecule has 0 saturated carbocycles. The molecule has 0 radical (unpaired) electrons. The van der Waals surface area contributed by atoms with Gasteiger partial charge >= 0.3 is 0 Å². The third kappa shape index (κ3) is 2.74. The predicted octanol–water partition coefficient (Wildman–Crippen LogP) is 3.75. The first kappa shape index (κ1) is 16.3. The number of nitrogens with two attached hydrogens (primary N) is 1. The summed E-state index contributed by atoms with van der Waals surface area (Å²) < 4.78 is 15.8. The third-order valence-electron chi connectivity index (χ3n) is 3.90. The van der Waals surface area contributed by atoms with Crippen molar-refractivity contribution in [3.05, 3.63) is 64.6 Å². The number of anilines is 1. The zero-order valence-electron chi connectivity index (χ0n) is 13.2. The minimum atomic E-state index is -0.367. The van der Waals surface area contributed by atoms with Crippen molar-refractivity contribution < 1.29 is 9.18 Å². The summed E-state index contributed by atoms with van der Waals surface area (Å²) in [6, 6.07) is 9.71. The van der Waals surface area contributed by atoms with Gasteiger partial charge in [0.2, 0.25) is 5.95 Å². The standard InChI is InChI=1S/C18H11BrFN5O/c19-12-8-11(1-2-13(12)20)16-17(14-3-5-22-18(21)23-14)25-6-4-10(9-26)7-15(25)24-16/h1-9H,(H2,21,22,23). The van der Waals surface area contributed by atoms with Crippen LogP contribution in [-0.2, 0) is 0 Å². The maximum Gasteiger partial charge on any atom is 0.220 e. The van der Waals surface area contributed by atoms with Gasteiger partial charge in [-0.25, -0.2) is 19.3 Å². The highest BCUT2D eigenvalue weighted by Gasteiger charge is 2.18. The number of pyridine rings is 1. The molecule has 6 nitrogen and oxygen atoms in total. The number of imidazole rings is 1. The van der Waals surface area contributed by atoms with Gasteiger partial charge < -0.3 is 5.73 Å². The average Bonchev–Trinajstić information content (AvgIpc) is 3.02. The molecule has 0 unspecified atom stereocenters. The lowest BCUT2D eigenvalue weighted by Gasteiger charge is -2.06. The number of hydrogen-bond acceptors (Lipinski definition) is 5. The van der Waals surface area contributed by atoms with Crippen LogP contribution in [0.15, 0.2) is 53.3 Å². The average molecular weight is 412 g/mol. The lowest BCUT2D eigenvalue weighted by molar-refractivity contribution is 0.112. The SMILES string of the molecule is Nc1nccc(-c2c(-c3ccc(F)c(Br)c3)nc3cc(C=O)ccn23)n1. The van der Waals surface area contributed by atoms with Gasteiger partial charge in [-0.3, -0.25) is 9.20 Å². The molecule has 0 amide bonds. The summed E-state index contributed by atoms with van der Waals surface area (Å²) in [7, 11) is 0. The Balaban J connectivity index is 2.05. The molecule has 0 aliphatic rings. The van der Waals surface area contributed by atoms with Gasteiger partial charge in [0.1, 0.15) is 17.8 Å². The van der Waals surface area contributed by atoms with Gasteiger partial charge in [-0.05, 0) is 52.3 Å². The van der Waals surface area contributed by atoms with Gasteiger partial charge in [0.05, 0.1) is 21.6 Å². The quantitative estimate of drug-likeness (QED) is 0.518. The number of benzene rings is 1. The molecule has 0 aliphatic carbocycles. The van der Waals surface area contributed by atoms with Gasteiger partial charge in [-0.2, -0.15) is 0 Å². The molecule has 4 rings (SSSR count). The number of rotatable bonds is 3. The molecule has 2 N–H and O–H groups in total. The van der Waals surface area contributed by atoms with Crippen LogP contribution in [0.4, 0.5) is 10.3 Å². The molecule has 0 aliphatic heterocycles. The van der Waals surface area contributed by atoms with Crippen LogP contribution >= 0.6 is 15.9 Å². The highest BCUT2D eigenvalue weighted by Crippen LogP contribution is 2.33. The molecule has 4 aromatic rings. The van der Waals surface area contributed by atoms with Crippen molar-refractivity contribution in [2.75, 3.05) is 5.73 Å². The maximum absolute atomic E-state index is 13.6. The molecule has 3 aromatic heterocycles. The summed E-state index contributed by atoms with van der Waals surface area (Å²) in [5, 5.41) is 0. The number of nitrogens with zero attached hydrogens (tertiary/aromatic N) is 4. The van der Waals surface area contributed by atoms with Crippen LogP contribution in [0.2, 0.25) is 0 Å². The van der Waals surface area contributed by atoms with E-state index in [9.17, 15) is 9.18 Å². The topological polar surface area (TPSA) is 86.2 Å². The normalized spacial score (nSPS) is 11.0. The van der Waals surface area contributed by atoms with E-state index >= 15 is 0 Å². The molecule has 1 aromatic carbocycles. The van der Waals surface area contributed by atoms with Gasteiger partial charge in [-0.15, -0.1) is 0 Å². The van der Waals surface area contributed by atoms with Crippen LogP contribution in [0.1, 0.15) is 10.4 Å². The van der Waals surface area contributed by atoms with E-state index in [1.165, 1.54) is 6.07 Å². The molecule has 0 bridgehead atoms. The number of aromatic nitrogens is 4. The van der Waals surface area contributed by atoms with Crippen LogP contribution in [0.5, 0.6) is 0 Å². The Morgan fingerprint density at radius 1 is 1.15 bits per heavy atom. The van der Waals surface area contributed by atoms with Crippen molar-refractivity contribution in [1.29, 1.82) is 0 Å². The van der Waals surface area contributed by atoms with E-state index in [4.69, 9.17) is 5.73 Å². The van der Waals surface area contributed by atoms with E-state index in [-0.39, 0.29) is 11.8 Å². The second kappa shape index (κ2) is 6.30. The van der Waals surface area contributed by atoms with E-state index in [0.717, 1.165) is 6.29 Å². The van der Waals surface area contributed by atoms with Gasteiger partial charge in [0, 0.05) is 23.5 Å². The summed E-state index contributed by atoms with van der Waals surface area (Å²) in [5.74, 6) is -0.234. The molecule has 8 heteroatoms. The zero-order valence-corrected chi connectivity index (χ0v) is 14.8. The van der Waals surface area contributed by atoms with Crippen LogP contribution < -0.4 is 5.73 Å². The fraction of sp³-hybridized carbons (Fsp3) is 0. The number of hydrogen-bond donors (Lipinski definition) is 1. The molecule has 3 heterocycles. The Morgan fingerprint density at radius 3 is 2.73 bits per heavy atom. The molecule has 128 valence electrons. The monoisotopic (exact) mass is 411 g/mol. The van der Waals surface area contributed by atoms with E-state index < -0.39 is 0 Å². The lowest BCUT2D eigenvalue weighted by atomic mass is 10.1. The van der Waals surface area contributed by atoms with Crippen molar-refractivity contribution in [3.63, 3.8) is 0 Å². The number of aldehydes is 1. The second-order valence-corrected chi connectivity index (χ2v) is 6.40. The van der Waals surface area contributed by atoms with Gasteiger partial charge in [-0.1, -0.05) is 0 Å². The predicted molar refractivity (Wildman–Crippen MR) is 99.1 cm³/mol. The van der Waals surface area contributed by atoms with E-state index in [1.807, 2.05) is 0 Å².